The van der Waals surface area contributed by atoms with Crippen LogP contribution in [0.25, 0.3) is 0 Å². The van der Waals surface area contributed by atoms with Crippen LogP contribution in [-0.2, 0) is 11.3 Å². The Morgan fingerprint density at radius 1 is 1.00 bits per heavy atom. The van der Waals surface area contributed by atoms with Crippen molar-refractivity contribution in [2.24, 2.45) is 0 Å². The number of hydrogen-bond donors (Lipinski definition) is 4. The number of nitrogens with zero attached hydrogens (tertiary/aromatic N) is 1. The number of anilines is 1. The Hall–Kier alpha value is -2.74. The summed E-state index contributed by atoms with van der Waals surface area (Å²) in [5, 5.41) is 20.3. The molecule has 2 aromatic rings. The van der Waals surface area contributed by atoms with E-state index in [0.29, 0.717) is 17.8 Å². The van der Waals surface area contributed by atoms with Gasteiger partial charge in [-0.05, 0) is 29.8 Å². The maximum Gasteiger partial charge on any atom is 0.254 e. The van der Waals surface area contributed by atoms with Crippen molar-refractivity contribution in [1.29, 1.82) is 0 Å². The zero-order valence-corrected chi connectivity index (χ0v) is 13.7. The first kappa shape index (κ1) is 18.6. The normalized spacial score (nSPS) is 10.3. The van der Waals surface area contributed by atoms with E-state index in [4.69, 9.17) is 5.21 Å². The lowest BCUT2D eigenvalue weighted by Gasteiger charge is -2.22. The fourth-order valence-corrected chi connectivity index (χ4v) is 2.33. The maximum absolute atomic E-state index is 12.6. The molecule has 0 spiro atoms. The van der Waals surface area contributed by atoms with E-state index in [-0.39, 0.29) is 31.5 Å². The highest BCUT2D eigenvalue weighted by atomic mass is 16.5. The maximum atomic E-state index is 12.6. The van der Waals surface area contributed by atoms with Gasteiger partial charge in [0.15, 0.2) is 0 Å². The summed E-state index contributed by atoms with van der Waals surface area (Å²) in [6, 6.07) is 15.9. The summed E-state index contributed by atoms with van der Waals surface area (Å²) >= 11 is 0. The summed E-state index contributed by atoms with van der Waals surface area (Å²) in [5.41, 5.74) is 3.81. The topological polar surface area (TPSA) is 102 Å². The van der Waals surface area contributed by atoms with Crippen molar-refractivity contribution >= 4 is 17.5 Å². The van der Waals surface area contributed by atoms with Gasteiger partial charge in [-0.1, -0.05) is 30.3 Å². The molecule has 2 aromatic carbocycles. The number of aliphatic hydroxyl groups excluding tert-OH is 1. The van der Waals surface area contributed by atoms with Crippen molar-refractivity contribution in [2.45, 2.75) is 6.54 Å². The van der Waals surface area contributed by atoms with Gasteiger partial charge in [0.05, 0.1) is 6.61 Å². The minimum Gasteiger partial charge on any atom is -0.395 e. The van der Waals surface area contributed by atoms with E-state index in [1.807, 2.05) is 6.07 Å². The summed E-state index contributed by atoms with van der Waals surface area (Å²) in [4.78, 5) is 25.5. The number of carbonyl (C=O) groups excluding carboxylic acids is 2. The van der Waals surface area contributed by atoms with Crippen molar-refractivity contribution < 1.29 is 19.9 Å². The minimum absolute atomic E-state index is 0.124. The second-order valence-corrected chi connectivity index (χ2v) is 5.40. The van der Waals surface area contributed by atoms with Crippen LogP contribution in [0, 0.1) is 0 Å². The molecule has 0 atom stereocenters. The summed E-state index contributed by atoms with van der Waals surface area (Å²) in [7, 11) is 0. The summed E-state index contributed by atoms with van der Waals surface area (Å²) in [6.45, 7) is 0.258. The Balaban J connectivity index is 2.04. The molecule has 0 aliphatic carbocycles. The van der Waals surface area contributed by atoms with Crippen molar-refractivity contribution in [3.05, 3.63) is 65.7 Å². The fourth-order valence-electron chi connectivity index (χ4n) is 2.33. The monoisotopic (exact) mass is 343 g/mol. The van der Waals surface area contributed by atoms with Crippen LogP contribution in [0.4, 0.5) is 5.69 Å². The lowest BCUT2D eigenvalue weighted by Crippen LogP contribution is -2.33. The van der Waals surface area contributed by atoms with Gasteiger partial charge in [0.25, 0.3) is 5.91 Å². The van der Waals surface area contributed by atoms with Crippen LogP contribution in [0.1, 0.15) is 15.9 Å². The molecule has 0 saturated heterocycles. The van der Waals surface area contributed by atoms with Crippen LogP contribution in [0.3, 0.4) is 0 Å². The van der Waals surface area contributed by atoms with Crippen LogP contribution in [0.2, 0.25) is 0 Å². The highest BCUT2D eigenvalue weighted by Gasteiger charge is 2.15. The summed E-state index contributed by atoms with van der Waals surface area (Å²) < 4.78 is 0. The van der Waals surface area contributed by atoms with E-state index >= 15 is 0 Å². The molecule has 0 aliphatic rings. The Morgan fingerprint density at radius 2 is 1.68 bits per heavy atom. The van der Waals surface area contributed by atoms with E-state index < -0.39 is 0 Å². The molecule has 7 nitrogen and oxygen atoms in total. The molecule has 0 heterocycles. The third-order valence-electron chi connectivity index (χ3n) is 3.53. The molecule has 0 saturated carbocycles. The third-order valence-corrected chi connectivity index (χ3v) is 3.53. The second-order valence-electron chi connectivity index (χ2n) is 5.40. The van der Waals surface area contributed by atoms with Gasteiger partial charge in [0, 0.05) is 24.3 Å². The molecule has 25 heavy (non-hydrogen) atoms. The first-order valence-corrected chi connectivity index (χ1v) is 7.85. The van der Waals surface area contributed by atoms with Crippen LogP contribution in [0.5, 0.6) is 0 Å². The Bertz CT molecular complexity index is 689. The zero-order chi connectivity index (χ0) is 18.1. The lowest BCUT2D eigenvalue weighted by atomic mass is 10.1. The van der Waals surface area contributed by atoms with Crippen LogP contribution < -0.4 is 10.8 Å². The predicted octanol–water partition coefficient (Wildman–Crippen LogP) is 1.24. The molecule has 132 valence electrons. The first-order chi connectivity index (χ1) is 12.1. The van der Waals surface area contributed by atoms with E-state index in [2.05, 4.69) is 5.32 Å². The smallest absolute Gasteiger partial charge is 0.254 e. The van der Waals surface area contributed by atoms with Gasteiger partial charge >= 0.3 is 0 Å². The molecule has 0 radical (unpaired) electrons. The van der Waals surface area contributed by atoms with E-state index in [0.717, 1.165) is 5.56 Å². The number of benzene rings is 2. The van der Waals surface area contributed by atoms with Gasteiger partial charge in [-0.3, -0.25) is 9.59 Å². The van der Waals surface area contributed by atoms with Gasteiger partial charge in [-0.25, -0.2) is 0 Å². The Labute approximate surface area is 145 Å². The number of nitrogens with one attached hydrogen (secondary N) is 2. The number of hydroxylamine groups is 1. The zero-order valence-electron chi connectivity index (χ0n) is 13.7. The van der Waals surface area contributed by atoms with Crippen molar-refractivity contribution in [3.8, 4) is 0 Å². The SMILES string of the molecule is O=C(CNO)Nc1ccc(CN(CCO)C(=O)c2ccccc2)cc1. The van der Waals surface area contributed by atoms with Gasteiger partial charge in [-0.2, -0.15) is 5.48 Å². The standard InChI is InChI=1S/C18H21N3O4/c22-11-10-21(18(24)15-4-2-1-3-5-15)13-14-6-8-16(9-7-14)20-17(23)12-19-25/h1-9,19,22,25H,10-13H2,(H,20,23). The summed E-state index contributed by atoms with van der Waals surface area (Å²) in [6.07, 6.45) is 0. The highest BCUT2D eigenvalue weighted by molar-refractivity contribution is 5.94. The lowest BCUT2D eigenvalue weighted by molar-refractivity contribution is -0.116. The summed E-state index contributed by atoms with van der Waals surface area (Å²) in [5.74, 6) is -0.516. The molecule has 4 N–H and O–H groups in total. The average molecular weight is 343 g/mol. The molecule has 7 heteroatoms. The second kappa shape index (κ2) is 9.53. The molecule has 0 unspecified atom stereocenters. The van der Waals surface area contributed by atoms with Crippen molar-refractivity contribution in [1.82, 2.24) is 10.4 Å². The number of hydrogen-bond acceptors (Lipinski definition) is 5. The van der Waals surface area contributed by atoms with Crippen LogP contribution in [0.15, 0.2) is 54.6 Å². The van der Waals surface area contributed by atoms with E-state index in [9.17, 15) is 14.7 Å². The number of carbonyl (C=O) groups is 2. The molecule has 2 rings (SSSR count). The Kier molecular flexibility index (Phi) is 7.09. The van der Waals surface area contributed by atoms with E-state index in [1.165, 1.54) is 0 Å². The number of rotatable bonds is 8. The van der Waals surface area contributed by atoms with Gasteiger partial charge < -0.3 is 20.5 Å². The highest BCUT2D eigenvalue weighted by Crippen LogP contribution is 2.13. The van der Waals surface area contributed by atoms with Gasteiger partial charge in [0.1, 0.15) is 6.54 Å². The molecule has 0 bridgehead atoms. The molecular formula is C18H21N3O4. The van der Waals surface area contributed by atoms with Crippen LogP contribution >= 0.6 is 0 Å². The van der Waals surface area contributed by atoms with Gasteiger partial charge in [-0.15, -0.1) is 0 Å². The molecule has 0 aliphatic heterocycles. The van der Waals surface area contributed by atoms with Crippen LogP contribution in [-0.4, -0.2) is 46.7 Å². The molecule has 0 fully saturated rings. The van der Waals surface area contributed by atoms with Gasteiger partial charge in [0.2, 0.25) is 5.91 Å². The molecular weight excluding hydrogens is 322 g/mol. The number of amides is 2. The quantitative estimate of drug-likeness (QED) is 0.540. The Morgan fingerprint density at radius 3 is 2.28 bits per heavy atom. The number of aliphatic hydroxyl groups is 1. The first-order valence-electron chi connectivity index (χ1n) is 7.85. The minimum atomic E-state index is -0.364. The average Bonchev–Trinajstić information content (AvgIpc) is 2.63. The largest absolute Gasteiger partial charge is 0.395 e. The third kappa shape index (κ3) is 5.68. The fraction of sp³-hybridized carbons (Fsp3) is 0.222. The molecule has 0 aromatic heterocycles. The van der Waals surface area contributed by atoms with E-state index in [1.54, 1.807) is 58.9 Å². The predicted molar refractivity (Wildman–Crippen MR) is 93.1 cm³/mol. The van der Waals surface area contributed by atoms with Crippen molar-refractivity contribution in [3.63, 3.8) is 0 Å². The van der Waals surface area contributed by atoms with Crippen molar-refractivity contribution in [2.75, 3.05) is 25.0 Å². The molecule has 2 amide bonds.